The Balaban J connectivity index is 1.46. The zero-order valence-electron chi connectivity index (χ0n) is 18.9. The molecule has 0 aromatic heterocycles. The third kappa shape index (κ3) is 6.21. The van der Waals surface area contributed by atoms with Crippen LogP contribution in [0.25, 0.3) is 6.08 Å². The highest BCUT2D eigenvalue weighted by atomic mass is 127. The standard InChI is InChI=1S/C26H19ClINO6S/c1-33-21-14-16(13-20(28)23(21)35-25(31)17-5-3-2-4-6-17)15-22-24(30)29(26(32)36-22)11-12-34-19-9-7-18(27)8-10-19/h2-10,13-15H,11-12H2,1H3/b22-15-. The van der Waals surface area contributed by atoms with Crippen molar-refractivity contribution in [3.63, 3.8) is 0 Å². The van der Waals surface area contributed by atoms with Gasteiger partial charge in [0.15, 0.2) is 11.5 Å². The van der Waals surface area contributed by atoms with Crippen molar-refractivity contribution in [2.75, 3.05) is 20.3 Å². The van der Waals surface area contributed by atoms with Crippen LogP contribution in [0.15, 0.2) is 71.6 Å². The van der Waals surface area contributed by atoms with E-state index < -0.39 is 11.9 Å². The molecule has 1 heterocycles. The van der Waals surface area contributed by atoms with Gasteiger partial charge in [-0.25, -0.2) is 4.79 Å². The van der Waals surface area contributed by atoms with Gasteiger partial charge in [-0.2, -0.15) is 0 Å². The van der Waals surface area contributed by atoms with Gasteiger partial charge in [0.05, 0.1) is 27.7 Å². The summed E-state index contributed by atoms with van der Waals surface area (Å²) in [7, 11) is 1.46. The summed E-state index contributed by atoms with van der Waals surface area (Å²) in [6, 6.07) is 18.8. The normalized spacial score (nSPS) is 14.3. The van der Waals surface area contributed by atoms with Crippen molar-refractivity contribution in [3.05, 3.63) is 91.4 Å². The first-order valence-corrected chi connectivity index (χ1v) is 12.9. The zero-order valence-corrected chi connectivity index (χ0v) is 22.6. The molecule has 4 rings (SSSR count). The summed E-state index contributed by atoms with van der Waals surface area (Å²) in [5.41, 5.74) is 1.03. The second kappa shape index (κ2) is 11.8. The van der Waals surface area contributed by atoms with Gasteiger partial charge in [0.1, 0.15) is 12.4 Å². The van der Waals surface area contributed by atoms with E-state index in [4.69, 9.17) is 25.8 Å². The Morgan fingerprint density at radius 1 is 1.08 bits per heavy atom. The number of methoxy groups -OCH3 is 1. The van der Waals surface area contributed by atoms with Gasteiger partial charge in [-0.3, -0.25) is 14.5 Å². The van der Waals surface area contributed by atoms with Crippen LogP contribution in [0.4, 0.5) is 4.79 Å². The Morgan fingerprint density at radius 2 is 1.81 bits per heavy atom. The summed E-state index contributed by atoms with van der Waals surface area (Å²) in [5, 5.41) is 0.216. The summed E-state index contributed by atoms with van der Waals surface area (Å²) < 4.78 is 17.2. The fourth-order valence-corrected chi connectivity index (χ4v) is 5.00. The minimum Gasteiger partial charge on any atom is -0.493 e. The summed E-state index contributed by atoms with van der Waals surface area (Å²) in [6.07, 6.45) is 1.61. The van der Waals surface area contributed by atoms with Gasteiger partial charge >= 0.3 is 5.97 Å². The van der Waals surface area contributed by atoms with Gasteiger partial charge in [-0.15, -0.1) is 0 Å². The van der Waals surface area contributed by atoms with E-state index in [0.717, 1.165) is 16.7 Å². The zero-order chi connectivity index (χ0) is 25.7. The third-order valence-corrected chi connectivity index (χ3v) is 6.99. The van der Waals surface area contributed by atoms with E-state index in [1.54, 1.807) is 66.7 Å². The fraction of sp³-hybridized carbons (Fsp3) is 0.115. The van der Waals surface area contributed by atoms with Crippen molar-refractivity contribution in [3.8, 4) is 17.2 Å². The molecule has 1 aliphatic rings. The molecule has 0 aliphatic carbocycles. The average Bonchev–Trinajstić information content (AvgIpc) is 3.14. The molecule has 0 spiro atoms. The summed E-state index contributed by atoms with van der Waals surface area (Å²) >= 11 is 8.75. The molecule has 10 heteroatoms. The first-order chi connectivity index (χ1) is 17.4. The topological polar surface area (TPSA) is 82.1 Å². The van der Waals surface area contributed by atoms with Crippen molar-refractivity contribution >= 4 is 69.1 Å². The number of nitrogens with zero attached hydrogens (tertiary/aromatic N) is 1. The molecule has 7 nitrogen and oxygen atoms in total. The first-order valence-electron chi connectivity index (χ1n) is 10.6. The lowest BCUT2D eigenvalue weighted by atomic mass is 10.1. The average molecular weight is 636 g/mol. The van der Waals surface area contributed by atoms with Gasteiger partial charge in [0, 0.05) is 5.02 Å². The van der Waals surface area contributed by atoms with Crippen LogP contribution >= 0.6 is 46.0 Å². The van der Waals surface area contributed by atoms with E-state index in [-0.39, 0.29) is 29.0 Å². The van der Waals surface area contributed by atoms with Gasteiger partial charge in [0.25, 0.3) is 11.1 Å². The minimum absolute atomic E-state index is 0.111. The molecular weight excluding hydrogens is 617 g/mol. The highest BCUT2D eigenvalue weighted by Gasteiger charge is 2.35. The van der Waals surface area contributed by atoms with Crippen molar-refractivity contribution in [2.45, 2.75) is 0 Å². The van der Waals surface area contributed by atoms with Crippen molar-refractivity contribution in [2.24, 2.45) is 0 Å². The molecule has 1 saturated heterocycles. The lowest BCUT2D eigenvalue weighted by Gasteiger charge is -2.13. The van der Waals surface area contributed by atoms with Crippen LogP contribution in [0.3, 0.4) is 0 Å². The van der Waals surface area contributed by atoms with Gasteiger partial charge in [-0.1, -0.05) is 29.8 Å². The van der Waals surface area contributed by atoms with Gasteiger partial charge < -0.3 is 14.2 Å². The predicted octanol–water partition coefficient (Wildman–Crippen LogP) is 6.29. The molecule has 0 bridgehead atoms. The maximum Gasteiger partial charge on any atom is 0.343 e. The van der Waals surface area contributed by atoms with Crippen molar-refractivity contribution in [1.82, 2.24) is 4.90 Å². The molecule has 36 heavy (non-hydrogen) atoms. The Labute approximate surface area is 230 Å². The number of thioether (sulfide) groups is 1. The quantitative estimate of drug-likeness (QED) is 0.125. The predicted molar refractivity (Wildman–Crippen MR) is 147 cm³/mol. The van der Waals surface area contributed by atoms with Crippen LogP contribution in [-0.2, 0) is 4.79 Å². The molecule has 0 N–H and O–H groups in total. The molecule has 3 aromatic rings. The van der Waals surface area contributed by atoms with E-state index in [1.165, 1.54) is 7.11 Å². The van der Waals surface area contributed by atoms with Crippen LogP contribution < -0.4 is 14.2 Å². The van der Waals surface area contributed by atoms with Crippen molar-refractivity contribution < 1.29 is 28.6 Å². The number of carbonyl (C=O) groups excluding carboxylic acids is 3. The number of carbonyl (C=O) groups is 3. The Kier molecular flexibility index (Phi) is 8.55. The SMILES string of the molecule is COc1cc(/C=C2\SC(=O)N(CCOc3ccc(Cl)cc3)C2=O)cc(I)c1OC(=O)c1ccccc1. The number of halogens is 2. The van der Waals surface area contributed by atoms with Crippen molar-refractivity contribution in [1.29, 1.82) is 0 Å². The van der Waals surface area contributed by atoms with E-state index in [1.807, 2.05) is 28.7 Å². The number of rotatable bonds is 8. The van der Waals surface area contributed by atoms with E-state index in [2.05, 4.69) is 0 Å². The molecule has 3 aromatic carbocycles. The number of hydrogen-bond acceptors (Lipinski definition) is 7. The largest absolute Gasteiger partial charge is 0.493 e. The van der Waals surface area contributed by atoms with Gasteiger partial charge in [0.2, 0.25) is 0 Å². The van der Waals surface area contributed by atoms with E-state index in [9.17, 15) is 14.4 Å². The number of esters is 1. The molecule has 1 fully saturated rings. The molecular formula is C26H19ClINO6S. The Bertz CT molecular complexity index is 1330. The smallest absolute Gasteiger partial charge is 0.343 e. The molecule has 0 radical (unpaired) electrons. The maximum absolute atomic E-state index is 12.9. The second-order valence-electron chi connectivity index (χ2n) is 7.43. The molecule has 0 unspecified atom stereocenters. The molecule has 1 aliphatic heterocycles. The number of benzene rings is 3. The van der Waals surface area contributed by atoms with E-state index in [0.29, 0.717) is 31.2 Å². The third-order valence-electron chi connectivity index (χ3n) is 5.02. The van der Waals surface area contributed by atoms with Gasteiger partial charge in [-0.05, 0) is 94.5 Å². The summed E-state index contributed by atoms with van der Waals surface area (Å²) in [5.74, 6) is 0.279. The van der Waals surface area contributed by atoms with Crippen LogP contribution in [0, 0.1) is 3.57 Å². The lowest BCUT2D eigenvalue weighted by Crippen LogP contribution is -2.32. The highest BCUT2D eigenvalue weighted by Crippen LogP contribution is 2.37. The first kappa shape index (κ1) is 26.1. The highest BCUT2D eigenvalue weighted by molar-refractivity contribution is 14.1. The fourth-order valence-electron chi connectivity index (χ4n) is 3.28. The van der Waals surface area contributed by atoms with Crippen LogP contribution in [-0.4, -0.2) is 42.3 Å². The number of amides is 2. The minimum atomic E-state index is -0.512. The Morgan fingerprint density at radius 3 is 2.50 bits per heavy atom. The molecule has 0 saturated carbocycles. The number of ether oxygens (including phenoxy) is 3. The Hall–Kier alpha value is -3.02. The van der Waals surface area contributed by atoms with Crippen LogP contribution in [0.2, 0.25) is 5.02 Å². The second-order valence-corrected chi connectivity index (χ2v) is 10.0. The van der Waals surface area contributed by atoms with E-state index >= 15 is 0 Å². The summed E-state index contributed by atoms with van der Waals surface area (Å²) in [4.78, 5) is 39.2. The lowest BCUT2D eigenvalue weighted by molar-refractivity contribution is -0.123. The monoisotopic (exact) mass is 635 g/mol. The number of hydrogen-bond donors (Lipinski definition) is 0. The molecule has 184 valence electrons. The number of imide groups is 1. The summed E-state index contributed by atoms with van der Waals surface area (Å²) in [6.45, 7) is 0.264. The molecule has 0 atom stereocenters. The molecule has 2 amide bonds. The van der Waals surface area contributed by atoms with Crippen LogP contribution in [0.1, 0.15) is 15.9 Å². The van der Waals surface area contributed by atoms with Crippen LogP contribution in [0.5, 0.6) is 17.2 Å². The maximum atomic E-state index is 12.9.